The summed E-state index contributed by atoms with van der Waals surface area (Å²) in [5.41, 5.74) is 1.89. The Kier molecular flexibility index (Phi) is 4.07. The SMILES string of the molecule is C[C@H](Cn1cccn1)NCc1cnn(-c2ccccc2)n1. The molecule has 0 fully saturated rings. The van der Waals surface area contributed by atoms with Crippen molar-refractivity contribution in [3.05, 3.63) is 60.7 Å². The molecule has 0 bridgehead atoms. The molecular weight excluding hydrogens is 264 g/mol. The molecule has 0 saturated carbocycles. The Hall–Kier alpha value is -2.47. The molecule has 1 N–H and O–H groups in total. The zero-order chi connectivity index (χ0) is 14.5. The highest BCUT2D eigenvalue weighted by Crippen LogP contribution is 2.04. The van der Waals surface area contributed by atoms with Gasteiger partial charge < -0.3 is 5.32 Å². The number of hydrogen-bond acceptors (Lipinski definition) is 4. The van der Waals surface area contributed by atoms with Crippen LogP contribution in [0.4, 0.5) is 0 Å². The van der Waals surface area contributed by atoms with E-state index in [-0.39, 0.29) is 0 Å². The number of para-hydroxylation sites is 1. The van der Waals surface area contributed by atoms with Gasteiger partial charge >= 0.3 is 0 Å². The molecule has 0 amide bonds. The van der Waals surface area contributed by atoms with Gasteiger partial charge in [-0.15, -0.1) is 0 Å². The van der Waals surface area contributed by atoms with E-state index in [4.69, 9.17) is 0 Å². The summed E-state index contributed by atoms with van der Waals surface area (Å²) >= 11 is 0. The first-order chi connectivity index (χ1) is 10.3. The highest BCUT2D eigenvalue weighted by Gasteiger charge is 2.06. The second kappa shape index (κ2) is 6.32. The third-order valence-corrected chi connectivity index (χ3v) is 3.18. The Bertz CT molecular complexity index is 659. The van der Waals surface area contributed by atoms with Crippen molar-refractivity contribution in [1.29, 1.82) is 0 Å². The summed E-state index contributed by atoms with van der Waals surface area (Å²) in [7, 11) is 0. The van der Waals surface area contributed by atoms with Crippen molar-refractivity contribution in [2.24, 2.45) is 0 Å². The summed E-state index contributed by atoms with van der Waals surface area (Å²) in [5, 5.41) is 16.4. The predicted octanol–water partition coefficient (Wildman–Crippen LogP) is 1.64. The van der Waals surface area contributed by atoms with Crippen LogP contribution < -0.4 is 5.32 Å². The number of rotatable bonds is 6. The maximum Gasteiger partial charge on any atom is 0.0969 e. The van der Waals surface area contributed by atoms with Gasteiger partial charge in [-0.3, -0.25) is 4.68 Å². The van der Waals surface area contributed by atoms with Gasteiger partial charge in [0.05, 0.1) is 24.1 Å². The second-order valence-corrected chi connectivity index (χ2v) is 4.97. The van der Waals surface area contributed by atoms with Crippen molar-refractivity contribution in [2.45, 2.75) is 26.1 Å². The van der Waals surface area contributed by atoms with E-state index in [1.807, 2.05) is 47.3 Å². The fraction of sp³-hybridized carbons (Fsp3) is 0.267. The van der Waals surface area contributed by atoms with Crippen molar-refractivity contribution < 1.29 is 0 Å². The minimum absolute atomic E-state index is 0.312. The molecular formula is C15H18N6. The smallest absolute Gasteiger partial charge is 0.0969 e. The van der Waals surface area contributed by atoms with E-state index in [1.165, 1.54) is 0 Å². The number of nitrogens with one attached hydrogen (secondary N) is 1. The van der Waals surface area contributed by atoms with Crippen LogP contribution >= 0.6 is 0 Å². The van der Waals surface area contributed by atoms with Gasteiger partial charge in [-0.05, 0) is 25.1 Å². The van der Waals surface area contributed by atoms with Gasteiger partial charge in [0.15, 0.2) is 0 Å². The lowest BCUT2D eigenvalue weighted by Crippen LogP contribution is -2.30. The standard InChI is InChI=1S/C15H18N6/c1-13(12-20-9-5-8-17-20)16-10-14-11-18-21(19-14)15-6-3-2-4-7-15/h2-9,11,13,16H,10,12H2,1H3/t13-/m1/s1. The van der Waals surface area contributed by atoms with Crippen LogP contribution in [0.5, 0.6) is 0 Å². The molecule has 108 valence electrons. The average molecular weight is 282 g/mol. The molecule has 0 saturated heterocycles. The van der Waals surface area contributed by atoms with Gasteiger partial charge in [-0.2, -0.15) is 20.1 Å². The predicted molar refractivity (Wildman–Crippen MR) is 79.9 cm³/mol. The lowest BCUT2D eigenvalue weighted by molar-refractivity contribution is 0.448. The molecule has 3 rings (SSSR count). The monoisotopic (exact) mass is 282 g/mol. The molecule has 0 spiro atoms. The lowest BCUT2D eigenvalue weighted by Gasteiger charge is -2.12. The Morgan fingerprint density at radius 3 is 2.76 bits per heavy atom. The van der Waals surface area contributed by atoms with Crippen LogP contribution in [0.15, 0.2) is 55.0 Å². The fourth-order valence-electron chi connectivity index (χ4n) is 2.09. The Morgan fingerprint density at radius 1 is 1.14 bits per heavy atom. The highest BCUT2D eigenvalue weighted by atomic mass is 15.5. The maximum atomic E-state index is 4.47. The number of hydrogen-bond donors (Lipinski definition) is 1. The van der Waals surface area contributed by atoms with Gasteiger partial charge in [0, 0.05) is 25.0 Å². The third-order valence-electron chi connectivity index (χ3n) is 3.18. The molecule has 0 aliphatic carbocycles. The molecule has 0 aliphatic rings. The highest BCUT2D eigenvalue weighted by molar-refractivity contribution is 5.28. The van der Waals surface area contributed by atoms with Crippen LogP contribution in [0.2, 0.25) is 0 Å². The summed E-state index contributed by atoms with van der Waals surface area (Å²) < 4.78 is 1.92. The average Bonchev–Trinajstić information content (AvgIpc) is 3.17. The van der Waals surface area contributed by atoms with Crippen molar-refractivity contribution in [2.75, 3.05) is 0 Å². The van der Waals surface area contributed by atoms with E-state index in [1.54, 1.807) is 17.2 Å². The van der Waals surface area contributed by atoms with Gasteiger partial charge in [-0.1, -0.05) is 18.2 Å². The zero-order valence-electron chi connectivity index (χ0n) is 11.9. The minimum atomic E-state index is 0.312. The quantitative estimate of drug-likeness (QED) is 0.746. The number of nitrogens with zero attached hydrogens (tertiary/aromatic N) is 5. The van der Waals surface area contributed by atoms with Crippen molar-refractivity contribution in [3.8, 4) is 5.69 Å². The molecule has 1 aromatic carbocycles. The molecule has 2 heterocycles. The second-order valence-electron chi connectivity index (χ2n) is 4.97. The molecule has 21 heavy (non-hydrogen) atoms. The Balaban J connectivity index is 1.55. The normalized spacial score (nSPS) is 12.4. The largest absolute Gasteiger partial charge is 0.307 e. The van der Waals surface area contributed by atoms with Crippen LogP contribution in [0.1, 0.15) is 12.6 Å². The van der Waals surface area contributed by atoms with E-state index in [2.05, 4.69) is 27.5 Å². The molecule has 2 aromatic heterocycles. The first-order valence-electron chi connectivity index (χ1n) is 6.99. The molecule has 6 heteroatoms. The van der Waals surface area contributed by atoms with Crippen LogP contribution in [0.3, 0.4) is 0 Å². The maximum absolute atomic E-state index is 4.47. The Labute approximate surface area is 123 Å². The molecule has 1 atom stereocenters. The van der Waals surface area contributed by atoms with Crippen LogP contribution in [0, 0.1) is 0 Å². The van der Waals surface area contributed by atoms with E-state index >= 15 is 0 Å². The molecule has 3 aromatic rings. The van der Waals surface area contributed by atoms with Gasteiger partial charge in [-0.25, -0.2) is 0 Å². The Morgan fingerprint density at radius 2 is 2.00 bits per heavy atom. The molecule has 0 radical (unpaired) electrons. The van der Waals surface area contributed by atoms with Gasteiger partial charge in [0.2, 0.25) is 0 Å². The first kappa shape index (κ1) is 13.5. The minimum Gasteiger partial charge on any atom is -0.307 e. The van der Waals surface area contributed by atoms with E-state index < -0.39 is 0 Å². The summed E-state index contributed by atoms with van der Waals surface area (Å²) in [5.74, 6) is 0. The summed E-state index contributed by atoms with van der Waals surface area (Å²) in [6.07, 6.45) is 5.54. The van der Waals surface area contributed by atoms with Crippen molar-refractivity contribution in [3.63, 3.8) is 0 Å². The fourth-order valence-corrected chi connectivity index (χ4v) is 2.09. The zero-order valence-corrected chi connectivity index (χ0v) is 11.9. The van der Waals surface area contributed by atoms with E-state index in [0.717, 1.165) is 17.9 Å². The van der Waals surface area contributed by atoms with Crippen molar-refractivity contribution in [1.82, 2.24) is 30.1 Å². The van der Waals surface area contributed by atoms with Crippen LogP contribution in [-0.4, -0.2) is 30.8 Å². The lowest BCUT2D eigenvalue weighted by atomic mass is 10.3. The van der Waals surface area contributed by atoms with E-state index in [0.29, 0.717) is 12.6 Å². The molecule has 0 aliphatic heterocycles. The number of aromatic nitrogens is 5. The summed E-state index contributed by atoms with van der Waals surface area (Å²) in [4.78, 5) is 1.65. The molecule has 0 unspecified atom stereocenters. The summed E-state index contributed by atoms with van der Waals surface area (Å²) in [6.45, 7) is 3.65. The van der Waals surface area contributed by atoms with Crippen molar-refractivity contribution >= 4 is 0 Å². The molecule has 6 nitrogen and oxygen atoms in total. The topological polar surface area (TPSA) is 60.6 Å². The third kappa shape index (κ3) is 3.55. The van der Waals surface area contributed by atoms with Crippen LogP contribution in [0.25, 0.3) is 5.69 Å². The number of benzene rings is 1. The van der Waals surface area contributed by atoms with Gasteiger partial charge in [0.1, 0.15) is 0 Å². The summed E-state index contributed by atoms with van der Waals surface area (Å²) in [6, 6.07) is 12.1. The first-order valence-corrected chi connectivity index (χ1v) is 6.99. The van der Waals surface area contributed by atoms with Gasteiger partial charge in [0.25, 0.3) is 0 Å². The van der Waals surface area contributed by atoms with E-state index in [9.17, 15) is 0 Å². The van der Waals surface area contributed by atoms with Crippen LogP contribution in [-0.2, 0) is 13.1 Å².